The molecule has 1 aliphatic carbocycles. The first-order valence-corrected chi connectivity index (χ1v) is 13.7. The normalized spacial score (nSPS) is 24.4. The van der Waals surface area contributed by atoms with Crippen molar-refractivity contribution in [1.29, 1.82) is 0 Å². The molecule has 7 nitrogen and oxygen atoms in total. The maximum atomic E-state index is 12.7. The number of nitrogens with one attached hydrogen (secondary N) is 2. The van der Waals surface area contributed by atoms with Crippen LogP contribution >= 0.6 is 0 Å². The van der Waals surface area contributed by atoms with Gasteiger partial charge < -0.3 is 20.1 Å². The molecule has 3 aliphatic rings. The van der Waals surface area contributed by atoms with Gasteiger partial charge in [-0.1, -0.05) is 42.6 Å². The lowest BCUT2D eigenvalue weighted by atomic mass is 9.81. The molecule has 2 aliphatic heterocycles. The zero-order valence-corrected chi connectivity index (χ0v) is 21.0. The molecule has 3 fully saturated rings. The van der Waals surface area contributed by atoms with Crippen molar-refractivity contribution in [2.75, 3.05) is 44.2 Å². The Morgan fingerprint density at radius 3 is 2.63 bits per heavy atom. The zero-order chi connectivity index (χ0) is 23.9. The molecule has 190 valence electrons. The van der Waals surface area contributed by atoms with Crippen LogP contribution in [0.2, 0.25) is 0 Å². The Hall–Kier alpha value is -2.38. The quantitative estimate of drug-likeness (QED) is 0.603. The molecule has 0 bridgehead atoms. The van der Waals surface area contributed by atoms with Crippen LogP contribution in [0.15, 0.2) is 40.9 Å². The van der Waals surface area contributed by atoms with Crippen LogP contribution in [-0.2, 0) is 17.8 Å². The van der Waals surface area contributed by atoms with Gasteiger partial charge in [0.05, 0.1) is 12.2 Å². The highest BCUT2D eigenvalue weighted by Gasteiger charge is 2.29. The Morgan fingerprint density at radius 1 is 1.03 bits per heavy atom. The number of anilines is 1. The van der Waals surface area contributed by atoms with Crippen LogP contribution in [-0.4, -0.2) is 61.3 Å². The van der Waals surface area contributed by atoms with E-state index in [0.29, 0.717) is 24.3 Å². The van der Waals surface area contributed by atoms with Crippen molar-refractivity contribution < 1.29 is 9.32 Å². The minimum absolute atomic E-state index is 0.240. The van der Waals surface area contributed by atoms with E-state index in [1.54, 1.807) is 0 Å². The molecule has 2 atom stereocenters. The molecule has 0 spiro atoms. The molecule has 2 N–H and O–H groups in total. The standard InChI is InChI=1S/C28H41N5O2/c34-28(30-24-7-3-1-4-8-24)18-22-11-12-29-20-23(22)17-25-19-27(35-31-25)21-32-13-15-33(16-14-32)26-9-5-2-6-10-26/h2,5-6,9-10,19,22-24,29H,1,3-4,7-8,11-18,20-21H2,(H,30,34)/t22-,23+/m0/s1. The van der Waals surface area contributed by atoms with E-state index < -0.39 is 0 Å². The van der Waals surface area contributed by atoms with Crippen LogP contribution in [0.4, 0.5) is 5.69 Å². The lowest BCUT2D eigenvalue weighted by Crippen LogP contribution is -2.45. The van der Waals surface area contributed by atoms with Gasteiger partial charge in [-0.25, -0.2) is 0 Å². The topological polar surface area (TPSA) is 73.6 Å². The number of hydrogen-bond acceptors (Lipinski definition) is 6. The third-order valence-electron chi connectivity index (χ3n) is 8.14. The molecule has 1 amide bonds. The van der Waals surface area contributed by atoms with Gasteiger partial charge >= 0.3 is 0 Å². The van der Waals surface area contributed by atoms with Crippen LogP contribution in [0.5, 0.6) is 0 Å². The van der Waals surface area contributed by atoms with Gasteiger partial charge in [-0.15, -0.1) is 0 Å². The van der Waals surface area contributed by atoms with Crippen LogP contribution in [0.1, 0.15) is 56.4 Å². The largest absolute Gasteiger partial charge is 0.369 e. The maximum absolute atomic E-state index is 12.7. The predicted octanol–water partition coefficient (Wildman–Crippen LogP) is 3.60. The minimum atomic E-state index is 0.240. The van der Waals surface area contributed by atoms with Gasteiger partial charge in [0.15, 0.2) is 5.76 Å². The fourth-order valence-electron chi connectivity index (χ4n) is 6.08. The SMILES string of the molecule is O=C(C[C@@H]1CCNC[C@H]1Cc1cc(CN2CCN(c3ccccc3)CC2)on1)NC1CCCCC1. The fourth-order valence-corrected chi connectivity index (χ4v) is 6.08. The average Bonchev–Trinajstić information content (AvgIpc) is 3.33. The van der Waals surface area contributed by atoms with E-state index in [0.717, 1.165) is 83.0 Å². The average molecular weight is 480 g/mol. The molecule has 2 aromatic rings. The van der Waals surface area contributed by atoms with Crippen LogP contribution in [0, 0.1) is 11.8 Å². The summed E-state index contributed by atoms with van der Waals surface area (Å²) >= 11 is 0. The van der Waals surface area contributed by atoms with E-state index >= 15 is 0 Å². The molecule has 3 heterocycles. The van der Waals surface area contributed by atoms with Gasteiger partial charge in [0.2, 0.25) is 5.91 Å². The van der Waals surface area contributed by atoms with Gasteiger partial charge in [0, 0.05) is 50.4 Å². The van der Waals surface area contributed by atoms with Crippen LogP contribution in [0.25, 0.3) is 0 Å². The number of piperazine rings is 1. The fraction of sp³-hybridized carbons (Fsp3) is 0.643. The monoisotopic (exact) mass is 479 g/mol. The Labute approximate surface area is 209 Å². The van der Waals surface area contributed by atoms with Gasteiger partial charge in [-0.3, -0.25) is 9.69 Å². The molecule has 2 saturated heterocycles. The van der Waals surface area contributed by atoms with Crippen LogP contribution in [0.3, 0.4) is 0 Å². The highest BCUT2D eigenvalue weighted by Crippen LogP contribution is 2.27. The van der Waals surface area contributed by atoms with Crippen molar-refractivity contribution in [3.05, 3.63) is 47.9 Å². The molecular formula is C28H41N5O2. The molecule has 1 aromatic carbocycles. The zero-order valence-electron chi connectivity index (χ0n) is 21.0. The number of nitrogens with zero attached hydrogens (tertiary/aromatic N) is 3. The Balaban J connectivity index is 1.09. The minimum Gasteiger partial charge on any atom is -0.369 e. The Bertz CT molecular complexity index is 918. The van der Waals surface area contributed by atoms with Crippen molar-refractivity contribution in [3.8, 4) is 0 Å². The van der Waals surface area contributed by atoms with Crippen molar-refractivity contribution in [2.24, 2.45) is 11.8 Å². The number of carbonyl (C=O) groups excluding carboxylic acids is 1. The number of piperidine rings is 1. The van der Waals surface area contributed by atoms with Crippen molar-refractivity contribution in [2.45, 2.75) is 64.0 Å². The summed E-state index contributed by atoms with van der Waals surface area (Å²) in [6, 6.07) is 13.2. The number of aromatic nitrogens is 1. The Kier molecular flexibility index (Phi) is 8.37. The number of rotatable bonds is 8. The summed E-state index contributed by atoms with van der Waals surface area (Å²) in [7, 11) is 0. The summed E-state index contributed by atoms with van der Waals surface area (Å²) in [5.41, 5.74) is 2.33. The third kappa shape index (κ3) is 6.85. The lowest BCUT2D eigenvalue weighted by molar-refractivity contribution is -0.123. The van der Waals surface area contributed by atoms with E-state index in [9.17, 15) is 4.79 Å². The highest BCUT2D eigenvalue weighted by molar-refractivity contribution is 5.76. The number of carbonyl (C=O) groups is 1. The third-order valence-corrected chi connectivity index (χ3v) is 8.14. The summed E-state index contributed by atoms with van der Waals surface area (Å²) in [6.07, 6.45) is 8.66. The number of hydrogen-bond donors (Lipinski definition) is 2. The highest BCUT2D eigenvalue weighted by atomic mass is 16.5. The molecule has 1 aromatic heterocycles. The number of para-hydroxylation sites is 1. The number of benzene rings is 1. The predicted molar refractivity (Wildman–Crippen MR) is 138 cm³/mol. The van der Waals surface area contributed by atoms with Crippen molar-refractivity contribution in [3.63, 3.8) is 0 Å². The van der Waals surface area contributed by atoms with Crippen LogP contribution < -0.4 is 15.5 Å². The molecule has 5 rings (SSSR count). The first kappa shape index (κ1) is 24.3. The second-order valence-corrected chi connectivity index (χ2v) is 10.7. The molecular weight excluding hydrogens is 438 g/mol. The van der Waals surface area contributed by atoms with E-state index in [1.165, 1.54) is 24.9 Å². The summed E-state index contributed by atoms with van der Waals surface area (Å²) in [5, 5.41) is 11.2. The first-order valence-electron chi connectivity index (χ1n) is 13.7. The number of amides is 1. The second kappa shape index (κ2) is 12.0. The maximum Gasteiger partial charge on any atom is 0.220 e. The van der Waals surface area contributed by atoms with Crippen molar-refractivity contribution in [1.82, 2.24) is 20.7 Å². The molecule has 1 saturated carbocycles. The molecule has 0 radical (unpaired) electrons. The van der Waals surface area contributed by atoms with E-state index in [4.69, 9.17) is 4.52 Å². The van der Waals surface area contributed by atoms with E-state index in [2.05, 4.69) is 62.0 Å². The summed E-state index contributed by atoms with van der Waals surface area (Å²) in [6.45, 7) is 6.87. The molecule has 7 heteroatoms. The molecule has 0 unspecified atom stereocenters. The van der Waals surface area contributed by atoms with Gasteiger partial charge in [-0.2, -0.15) is 0 Å². The van der Waals surface area contributed by atoms with Gasteiger partial charge in [0.25, 0.3) is 0 Å². The smallest absolute Gasteiger partial charge is 0.220 e. The Morgan fingerprint density at radius 2 is 1.83 bits per heavy atom. The van der Waals surface area contributed by atoms with Gasteiger partial charge in [0.1, 0.15) is 0 Å². The van der Waals surface area contributed by atoms with Crippen molar-refractivity contribution >= 4 is 11.6 Å². The summed E-state index contributed by atoms with van der Waals surface area (Å²) in [5.74, 6) is 2.02. The second-order valence-electron chi connectivity index (χ2n) is 10.7. The first-order chi connectivity index (χ1) is 17.2. The van der Waals surface area contributed by atoms with Gasteiger partial charge in [-0.05, 0) is 62.7 Å². The van der Waals surface area contributed by atoms with E-state index in [1.807, 2.05) is 0 Å². The van der Waals surface area contributed by atoms with E-state index in [-0.39, 0.29) is 5.91 Å². The summed E-state index contributed by atoms with van der Waals surface area (Å²) in [4.78, 5) is 17.6. The lowest BCUT2D eigenvalue weighted by Gasteiger charge is -2.35. The molecule has 35 heavy (non-hydrogen) atoms. The summed E-state index contributed by atoms with van der Waals surface area (Å²) < 4.78 is 5.73.